The van der Waals surface area contributed by atoms with E-state index in [4.69, 9.17) is 16.7 Å². The number of alkyl halides is 6. The molecule has 0 aliphatic heterocycles. The summed E-state index contributed by atoms with van der Waals surface area (Å²) in [5, 5.41) is 12.0. The molecule has 5 nitrogen and oxygen atoms in total. The maximum atomic E-state index is 14.1. The van der Waals surface area contributed by atoms with Gasteiger partial charge in [0.2, 0.25) is 0 Å². The van der Waals surface area contributed by atoms with E-state index in [1.165, 1.54) is 48.7 Å². The average molecular weight is 635 g/mol. The Morgan fingerprint density at radius 2 is 1.57 bits per heavy atom. The SMILES string of the molecule is Cc1cc(Cl)ccc1-c1ccc(NCc2ccc(C(F)(F)F)cc2-c2ccc(C(=O)CCCC(=O)O)nc2)cc1C(F)(F)F. The monoisotopic (exact) mass is 634 g/mol. The van der Waals surface area contributed by atoms with Gasteiger partial charge in [0.05, 0.1) is 11.1 Å². The number of carboxylic acids is 1. The van der Waals surface area contributed by atoms with Crippen molar-refractivity contribution in [3.05, 3.63) is 106 Å². The van der Waals surface area contributed by atoms with Gasteiger partial charge in [-0.2, -0.15) is 26.3 Å². The molecule has 230 valence electrons. The number of halogens is 7. The molecule has 1 aromatic heterocycles. The fourth-order valence-electron chi connectivity index (χ4n) is 4.67. The van der Waals surface area contributed by atoms with Crippen LogP contribution < -0.4 is 5.32 Å². The average Bonchev–Trinajstić information content (AvgIpc) is 2.95. The van der Waals surface area contributed by atoms with Crippen molar-refractivity contribution in [3.63, 3.8) is 0 Å². The van der Waals surface area contributed by atoms with Crippen molar-refractivity contribution in [2.75, 3.05) is 5.32 Å². The summed E-state index contributed by atoms with van der Waals surface area (Å²) in [5.74, 6) is -1.46. The van der Waals surface area contributed by atoms with Gasteiger partial charge in [-0.25, -0.2) is 0 Å². The first-order chi connectivity index (χ1) is 20.6. The number of pyridine rings is 1. The van der Waals surface area contributed by atoms with E-state index in [1.807, 2.05) is 0 Å². The van der Waals surface area contributed by atoms with E-state index >= 15 is 0 Å². The summed E-state index contributed by atoms with van der Waals surface area (Å²) < 4.78 is 83.0. The number of hydrogen-bond acceptors (Lipinski definition) is 4. The second kappa shape index (κ2) is 13.1. The standard InChI is InChI=1S/C32H25ClF6N2O3/c1-18-13-22(33)8-10-24(18)25-11-9-23(15-27(25)32(37,38)39)40-16-19-5-7-21(31(34,35)36)14-26(19)20-6-12-28(41-17-20)29(42)3-2-4-30(43)44/h5-15,17,40H,2-4,16H2,1H3,(H,43,44). The van der Waals surface area contributed by atoms with Crippen molar-refractivity contribution < 1.29 is 41.0 Å². The van der Waals surface area contributed by atoms with Crippen molar-refractivity contribution in [2.45, 2.75) is 45.1 Å². The van der Waals surface area contributed by atoms with Gasteiger partial charge in [0.1, 0.15) is 5.69 Å². The largest absolute Gasteiger partial charge is 0.481 e. The number of carbonyl (C=O) groups excluding carboxylic acids is 1. The zero-order valence-corrected chi connectivity index (χ0v) is 23.9. The number of nitrogens with one attached hydrogen (secondary N) is 1. The van der Waals surface area contributed by atoms with Crippen LogP contribution in [0.1, 0.15) is 52.0 Å². The molecule has 0 saturated carbocycles. The van der Waals surface area contributed by atoms with Gasteiger partial charge in [-0.3, -0.25) is 14.6 Å². The number of Topliss-reactive ketones (excluding diaryl/α,β-unsaturated/α-hetero) is 1. The number of carboxylic acid groups (broad SMARTS) is 1. The summed E-state index contributed by atoms with van der Waals surface area (Å²) in [6.45, 7) is 1.52. The molecule has 3 aromatic carbocycles. The summed E-state index contributed by atoms with van der Waals surface area (Å²) in [4.78, 5) is 27.1. The predicted octanol–water partition coefficient (Wildman–Crippen LogP) is 9.46. The zero-order chi connectivity index (χ0) is 32.2. The van der Waals surface area contributed by atoms with Crippen LogP contribution in [0.2, 0.25) is 5.02 Å². The Balaban J connectivity index is 1.64. The Hall–Kier alpha value is -4.38. The van der Waals surface area contributed by atoms with Crippen LogP contribution >= 0.6 is 11.6 Å². The minimum absolute atomic E-state index is 0.0292. The number of hydrogen-bond donors (Lipinski definition) is 2. The molecule has 0 fully saturated rings. The first-order valence-corrected chi connectivity index (χ1v) is 13.6. The topological polar surface area (TPSA) is 79.3 Å². The molecule has 0 atom stereocenters. The third-order valence-corrected chi connectivity index (χ3v) is 7.11. The number of benzene rings is 3. The minimum Gasteiger partial charge on any atom is -0.481 e. The van der Waals surface area contributed by atoms with Crippen molar-refractivity contribution >= 4 is 29.0 Å². The van der Waals surface area contributed by atoms with Crippen molar-refractivity contribution in [3.8, 4) is 22.3 Å². The smallest absolute Gasteiger partial charge is 0.417 e. The van der Waals surface area contributed by atoms with E-state index < -0.39 is 35.2 Å². The lowest BCUT2D eigenvalue weighted by molar-refractivity contribution is -0.138. The Kier molecular flexibility index (Phi) is 9.68. The van der Waals surface area contributed by atoms with E-state index in [9.17, 15) is 35.9 Å². The second-order valence-electron chi connectivity index (χ2n) is 10.0. The van der Waals surface area contributed by atoms with Gasteiger partial charge in [-0.05, 0) is 83.6 Å². The number of aromatic nitrogens is 1. The lowest BCUT2D eigenvalue weighted by Gasteiger charge is -2.18. The molecule has 4 rings (SSSR count). The van der Waals surface area contributed by atoms with Gasteiger partial charge < -0.3 is 10.4 Å². The number of aliphatic carboxylic acids is 1. The zero-order valence-electron chi connectivity index (χ0n) is 23.1. The van der Waals surface area contributed by atoms with Crippen molar-refractivity contribution in [1.82, 2.24) is 4.98 Å². The summed E-state index contributed by atoms with van der Waals surface area (Å²) >= 11 is 5.97. The lowest BCUT2D eigenvalue weighted by Crippen LogP contribution is -2.10. The highest BCUT2D eigenvalue weighted by Crippen LogP contribution is 2.40. The van der Waals surface area contributed by atoms with Crippen LogP contribution in [0.4, 0.5) is 32.0 Å². The molecule has 0 amide bonds. The fraction of sp³-hybridized carbons (Fsp3) is 0.219. The van der Waals surface area contributed by atoms with Gasteiger partial charge in [-0.15, -0.1) is 0 Å². The van der Waals surface area contributed by atoms with Crippen LogP contribution in [-0.4, -0.2) is 21.8 Å². The van der Waals surface area contributed by atoms with Crippen molar-refractivity contribution in [1.29, 1.82) is 0 Å². The molecule has 0 spiro atoms. The highest BCUT2D eigenvalue weighted by molar-refractivity contribution is 6.30. The molecular formula is C32H25ClF6N2O3. The Morgan fingerprint density at radius 1 is 0.841 bits per heavy atom. The molecule has 1 heterocycles. The maximum Gasteiger partial charge on any atom is 0.417 e. The number of carbonyl (C=O) groups is 2. The Morgan fingerprint density at radius 3 is 2.18 bits per heavy atom. The van der Waals surface area contributed by atoms with Crippen LogP contribution in [0.15, 0.2) is 72.9 Å². The number of ketones is 1. The molecule has 0 radical (unpaired) electrons. The Labute approximate surface area is 253 Å². The molecule has 0 aliphatic rings. The number of anilines is 1. The van der Waals surface area contributed by atoms with E-state index in [1.54, 1.807) is 13.0 Å². The molecule has 0 aliphatic carbocycles. The second-order valence-corrected chi connectivity index (χ2v) is 10.5. The summed E-state index contributed by atoms with van der Waals surface area (Å²) in [7, 11) is 0. The van der Waals surface area contributed by atoms with Gasteiger partial charge >= 0.3 is 18.3 Å². The first kappa shape index (κ1) is 32.5. The van der Waals surface area contributed by atoms with Gasteiger partial charge in [-0.1, -0.05) is 35.9 Å². The third-order valence-electron chi connectivity index (χ3n) is 6.88. The first-order valence-electron chi connectivity index (χ1n) is 13.3. The molecule has 12 heteroatoms. The third kappa shape index (κ3) is 7.96. The summed E-state index contributed by atoms with van der Waals surface area (Å²) in [6, 6.07) is 14.1. The molecule has 0 bridgehead atoms. The van der Waals surface area contributed by atoms with Gasteiger partial charge in [0.15, 0.2) is 5.78 Å². The molecule has 4 aromatic rings. The van der Waals surface area contributed by atoms with Crippen LogP contribution in [0, 0.1) is 6.92 Å². The van der Waals surface area contributed by atoms with Crippen LogP contribution in [0.25, 0.3) is 22.3 Å². The van der Waals surface area contributed by atoms with Crippen molar-refractivity contribution in [2.24, 2.45) is 0 Å². The van der Waals surface area contributed by atoms with Gasteiger partial charge in [0, 0.05) is 41.9 Å². The fourth-order valence-corrected chi connectivity index (χ4v) is 4.90. The molecule has 0 saturated heterocycles. The van der Waals surface area contributed by atoms with Crippen LogP contribution in [-0.2, 0) is 23.7 Å². The summed E-state index contributed by atoms with van der Waals surface area (Å²) in [6.07, 6.45) is -8.28. The predicted molar refractivity (Wildman–Crippen MR) is 154 cm³/mol. The molecule has 2 N–H and O–H groups in total. The molecule has 44 heavy (non-hydrogen) atoms. The van der Waals surface area contributed by atoms with Crippen LogP contribution in [0.5, 0.6) is 0 Å². The highest BCUT2D eigenvalue weighted by Gasteiger charge is 2.34. The van der Waals surface area contributed by atoms with E-state index in [2.05, 4.69) is 10.3 Å². The lowest BCUT2D eigenvalue weighted by atomic mass is 9.95. The highest BCUT2D eigenvalue weighted by atomic mass is 35.5. The number of aryl methyl sites for hydroxylation is 1. The van der Waals surface area contributed by atoms with E-state index in [-0.39, 0.29) is 53.9 Å². The van der Waals surface area contributed by atoms with Crippen LogP contribution in [0.3, 0.4) is 0 Å². The number of nitrogens with zero attached hydrogens (tertiary/aromatic N) is 1. The minimum atomic E-state index is -4.70. The van der Waals surface area contributed by atoms with E-state index in [0.29, 0.717) is 21.7 Å². The van der Waals surface area contributed by atoms with Gasteiger partial charge in [0.25, 0.3) is 0 Å². The Bertz CT molecular complexity index is 1690. The maximum absolute atomic E-state index is 14.1. The molecular weight excluding hydrogens is 610 g/mol. The summed E-state index contributed by atoms with van der Waals surface area (Å²) in [5.41, 5.74) is -0.133. The quantitative estimate of drug-likeness (QED) is 0.134. The molecule has 0 unspecified atom stereocenters. The number of rotatable bonds is 10. The normalized spacial score (nSPS) is 11.8. The van der Waals surface area contributed by atoms with E-state index in [0.717, 1.165) is 18.2 Å².